The van der Waals surface area contributed by atoms with Crippen LogP contribution < -0.4 is 15.0 Å². The number of piperazine rings is 1. The molecule has 1 heterocycles. The zero-order valence-corrected chi connectivity index (χ0v) is 12.0. The van der Waals surface area contributed by atoms with Crippen molar-refractivity contribution in [3.8, 4) is 5.75 Å². The minimum Gasteiger partial charge on any atom is -0.495 e. The SMILES string of the molecule is CCC1(C)CNCCN1c1ccc(OC)c(Cl)c1. The fraction of sp³-hybridized carbons (Fsp3) is 0.571. The monoisotopic (exact) mass is 268 g/mol. The van der Waals surface area contributed by atoms with Crippen LogP contribution in [0.1, 0.15) is 20.3 Å². The van der Waals surface area contributed by atoms with Crippen LogP contribution in [0.15, 0.2) is 18.2 Å². The molecule has 1 aliphatic rings. The summed E-state index contributed by atoms with van der Waals surface area (Å²) in [4.78, 5) is 2.44. The van der Waals surface area contributed by atoms with E-state index in [1.807, 2.05) is 12.1 Å². The van der Waals surface area contributed by atoms with E-state index >= 15 is 0 Å². The Hall–Kier alpha value is -0.930. The van der Waals surface area contributed by atoms with Gasteiger partial charge in [-0.05, 0) is 31.5 Å². The van der Waals surface area contributed by atoms with Crippen LogP contribution in [0.25, 0.3) is 0 Å². The van der Waals surface area contributed by atoms with Gasteiger partial charge in [-0.3, -0.25) is 0 Å². The van der Waals surface area contributed by atoms with Crippen molar-refractivity contribution in [2.75, 3.05) is 31.6 Å². The number of hydrogen-bond donors (Lipinski definition) is 1. The summed E-state index contributed by atoms with van der Waals surface area (Å²) in [6.45, 7) is 7.54. The molecule has 1 aromatic carbocycles. The Morgan fingerprint density at radius 3 is 2.89 bits per heavy atom. The maximum Gasteiger partial charge on any atom is 0.137 e. The number of rotatable bonds is 3. The van der Waals surface area contributed by atoms with E-state index in [0.717, 1.165) is 31.8 Å². The molecule has 1 unspecified atom stereocenters. The van der Waals surface area contributed by atoms with Gasteiger partial charge in [-0.2, -0.15) is 0 Å². The van der Waals surface area contributed by atoms with Crippen LogP contribution in [-0.2, 0) is 0 Å². The van der Waals surface area contributed by atoms with Gasteiger partial charge in [0.15, 0.2) is 0 Å². The molecule has 0 amide bonds. The molecule has 1 atom stereocenters. The van der Waals surface area contributed by atoms with Gasteiger partial charge < -0.3 is 15.0 Å². The number of nitrogens with one attached hydrogen (secondary N) is 1. The Balaban J connectivity index is 2.31. The summed E-state index contributed by atoms with van der Waals surface area (Å²) in [7, 11) is 1.64. The minimum absolute atomic E-state index is 0.149. The maximum atomic E-state index is 6.22. The van der Waals surface area contributed by atoms with Crippen molar-refractivity contribution in [2.24, 2.45) is 0 Å². The Morgan fingerprint density at radius 2 is 2.28 bits per heavy atom. The molecule has 0 aliphatic carbocycles. The zero-order valence-electron chi connectivity index (χ0n) is 11.3. The minimum atomic E-state index is 0.149. The van der Waals surface area contributed by atoms with Gasteiger partial charge in [-0.15, -0.1) is 0 Å². The van der Waals surface area contributed by atoms with E-state index in [1.165, 1.54) is 5.69 Å². The molecule has 0 aromatic heterocycles. The van der Waals surface area contributed by atoms with Gasteiger partial charge in [-0.1, -0.05) is 18.5 Å². The summed E-state index contributed by atoms with van der Waals surface area (Å²) >= 11 is 6.22. The summed E-state index contributed by atoms with van der Waals surface area (Å²) in [6.07, 6.45) is 1.10. The third-order valence-corrected chi connectivity index (χ3v) is 4.17. The quantitative estimate of drug-likeness (QED) is 0.912. The number of hydrogen-bond acceptors (Lipinski definition) is 3. The largest absolute Gasteiger partial charge is 0.495 e. The number of halogens is 1. The molecule has 1 aromatic rings. The fourth-order valence-electron chi connectivity index (χ4n) is 2.49. The lowest BCUT2D eigenvalue weighted by Gasteiger charge is -2.46. The van der Waals surface area contributed by atoms with E-state index < -0.39 is 0 Å². The van der Waals surface area contributed by atoms with Crippen LogP contribution in [-0.4, -0.2) is 32.3 Å². The van der Waals surface area contributed by atoms with Gasteiger partial charge >= 0.3 is 0 Å². The molecule has 0 saturated carbocycles. The second-order valence-corrected chi connectivity index (χ2v) is 5.40. The Labute approximate surface area is 114 Å². The van der Waals surface area contributed by atoms with Gasteiger partial charge in [0.1, 0.15) is 5.75 Å². The number of benzene rings is 1. The molecule has 100 valence electrons. The molecule has 2 rings (SSSR count). The summed E-state index contributed by atoms with van der Waals surface area (Å²) in [5.74, 6) is 0.730. The lowest BCUT2D eigenvalue weighted by atomic mass is 9.93. The average Bonchev–Trinajstić information content (AvgIpc) is 2.39. The molecule has 0 radical (unpaired) electrons. The third kappa shape index (κ3) is 2.43. The molecule has 18 heavy (non-hydrogen) atoms. The van der Waals surface area contributed by atoms with Gasteiger partial charge in [0.05, 0.1) is 12.1 Å². The summed E-state index contributed by atoms with van der Waals surface area (Å²) in [6, 6.07) is 6.03. The first-order chi connectivity index (χ1) is 8.60. The van der Waals surface area contributed by atoms with Crippen molar-refractivity contribution in [2.45, 2.75) is 25.8 Å². The highest BCUT2D eigenvalue weighted by Crippen LogP contribution is 2.33. The van der Waals surface area contributed by atoms with E-state index in [-0.39, 0.29) is 5.54 Å². The highest BCUT2D eigenvalue weighted by atomic mass is 35.5. The van der Waals surface area contributed by atoms with E-state index in [1.54, 1.807) is 7.11 Å². The van der Waals surface area contributed by atoms with Crippen molar-refractivity contribution in [1.82, 2.24) is 5.32 Å². The fourth-order valence-corrected chi connectivity index (χ4v) is 2.75. The van der Waals surface area contributed by atoms with E-state index in [4.69, 9.17) is 16.3 Å². The first-order valence-corrected chi connectivity index (χ1v) is 6.80. The molecule has 1 fully saturated rings. The van der Waals surface area contributed by atoms with E-state index in [2.05, 4.69) is 30.1 Å². The molecule has 1 saturated heterocycles. The maximum absolute atomic E-state index is 6.22. The van der Waals surface area contributed by atoms with Gasteiger partial charge in [0.25, 0.3) is 0 Å². The zero-order chi connectivity index (χ0) is 13.2. The number of methoxy groups -OCH3 is 1. The number of nitrogens with zero attached hydrogens (tertiary/aromatic N) is 1. The first kappa shape index (κ1) is 13.5. The lowest BCUT2D eigenvalue weighted by molar-refractivity contribution is 0.342. The smallest absolute Gasteiger partial charge is 0.137 e. The summed E-state index contributed by atoms with van der Waals surface area (Å²) < 4.78 is 5.20. The molecular formula is C14H21ClN2O. The predicted molar refractivity (Wildman–Crippen MR) is 76.9 cm³/mol. The van der Waals surface area contributed by atoms with E-state index in [0.29, 0.717) is 5.02 Å². The molecule has 4 heteroatoms. The third-order valence-electron chi connectivity index (χ3n) is 3.88. The first-order valence-electron chi connectivity index (χ1n) is 6.42. The topological polar surface area (TPSA) is 24.5 Å². The standard InChI is InChI=1S/C14H21ClN2O/c1-4-14(2)10-16-7-8-17(14)11-5-6-13(18-3)12(15)9-11/h5-6,9,16H,4,7-8,10H2,1-3H3. The molecule has 1 N–H and O–H groups in total. The number of ether oxygens (including phenoxy) is 1. The normalized spacial score (nSPS) is 24.1. The van der Waals surface area contributed by atoms with Crippen LogP contribution >= 0.6 is 11.6 Å². The molecular weight excluding hydrogens is 248 g/mol. The van der Waals surface area contributed by atoms with Crippen LogP contribution in [0, 0.1) is 0 Å². The Morgan fingerprint density at radius 1 is 1.50 bits per heavy atom. The highest BCUT2D eigenvalue weighted by Gasteiger charge is 2.32. The van der Waals surface area contributed by atoms with Crippen molar-refractivity contribution in [3.05, 3.63) is 23.2 Å². The Bertz CT molecular complexity index is 424. The second-order valence-electron chi connectivity index (χ2n) is 5.00. The van der Waals surface area contributed by atoms with Gasteiger partial charge in [0.2, 0.25) is 0 Å². The second kappa shape index (κ2) is 5.37. The molecule has 0 bridgehead atoms. The number of anilines is 1. The van der Waals surface area contributed by atoms with Crippen molar-refractivity contribution in [1.29, 1.82) is 0 Å². The van der Waals surface area contributed by atoms with Crippen LogP contribution in [0.4, 0.5) is 5.69 Å². The van der Waals surface area contributed by atoms with Gasteiger partial charge in [-0.25, -0.2) is 0 Å². The Kier molecular flexibility index (Phi) is 4.03. The van der Waals surface area contributed by atoms with Crippen molar-refractivity contribution >= 4 is 17.3 Å². The molecule has 1 aliphatic heterocycles. The highest BCUT2D eigenvalue weighted by molar-refractivity contribution is 6.32. The molecule has 0 spiro atoms. The predicted octanol–water partition coefficient (Wildman–Crippen LogP) is 2.93. The van der Waals surface area contributed by atoms with Crippen molar-refractivity contribution < 1.29 is 4.74 Å². The van der Waals surface area contributed by atoms with Crippen LogP contribution in [0.3, 0.4) is 0 Å². The van der Waals surface area contributed by atoms with Crippen molar-refractivity contribution in [3.63, 3.8) is 0 Å². The average molecular weight is 269 g/mol. The van der Waals surface area contributed by atoms with Gasteiger partial charge in [0, 0.05) is 30.9 Å². The van der Waals surface area contributed by atoms with E-state index in [9.17, 15) is 0 Å². The lowest BCUT2D eigenvalue weighted by Crippen LogP contribution is -2.59. The summed E-state index contributed by atoms with van der Waals surface area (Å²) in [5.41, 5.74) is 1.32. The molecule has 3 nitrogen and oxygen atoms in total. The summed E-state index contributed by atoms with van der Waals surface area (Å²) in [5, 5.41) is 4.14. The van der Waals surface area contributed by atoms with Crippen LogP contribution in [0.2, 0.25) is 5.02 Å². The van der Waals surface area contributed by atoms with Crippen LogP contribution in [0.5, 0.6) is 5.75 Å².